The Labute approximate surface area is 148 Å². The molecule has 0 N–H and O–H groups in total. The normalized spacial score (nSPS) is 12.2. The minimum absolute atomic E-state index is 0.238. The lowest BCUT2D eigenvalue weighted by atomic mass is 9.86. The van der Waals surface area contributed by atoms with Gasteiger partial charge in [-0.15, -0.1) is 0 Å². The van der Waals surface area contributed by atoms with Crippen molar-refractivity contribution in [1.29, 1.82) is 0 Å². The zero-order valence-electron chi connectivity index (χ0n) is 16.1. The van der Waals surface area contributed by atoms with Crippen molar-refractivity contribution in [3.8, 4) is 0 Å². The molecule has 0 radical (unpaired) electrons. The molecule has 0 saturated carbocycles. The van der Waals surface area contributed by atoms with Gasteiger partial charge in [-0.3, -0.25) is 4.79 Å². The van der Waals surface area contributed by atoms with Crippen LogP contribution in [0.25, 0.3) is 0 Å². The SMILES string of the molecule is CCCC(CCC)/C(=C\C(=O)CC(C)C)Cc1ncc(CC)cn1. The zero-order valence-corrected chi connectivity index (χ0v) is 16.1. The highest BCUT2D eigenvalue weighted by atomic mass is 16.1. The first-order valence-electron chi connectivity index (χ1n) is 9.53. The van der Waals surface area contributed by atoms with Gasteiger partial charge in [0.15, 0.2) is 5.78 Å². The maximum Gasteiger partial charge on any atom is 0.155 e. The molecule has 0 saturated heterocycles. The van der Waals surface area contributed by atoms with Gasteiger partial charge in [0.2, 0.25) is 0 Å². The average Bonchev–Trinajstić information content (AvgIpc) is 2.54. The Morgan fingerprint density at radius 1 is 1.08 bits per heavy atom. The van der Waals surface area contributed by atoms with Crippen LogP contribution < -0.4 is 0 Å². The molecule has 0 bridgehead atoms. The second-order valence-corrected chi connectivity index (χ2v) is 7.10. The van der Waals surface area contributed by atoms with Crippen molar-refractivity contribution in [2.24, 2.45) is 11.8 Å². The minimum atomic E-state index is 0.238. The van der Waals surface area contributed by atoms with Crippen molar-refractivity contribution >= 4 is 5.78 Å². The van der Waals surface area contributed by atoms with Gasteiger partial charge in [0.1, 0.15) is 5.82 Å². The molecule has 0 aliphatic carbocycles. The van der Waals surface area contributed by atoms with E-state index >= 15 is 0 Å². The molecule has 1 rings (SSSR count). The Kier molecular flexibility index (Phi) is 9.51. The number of carbonyl (C=O) groups is 1. The highest BCUT2D eigenvalue weighted by Crippen LogP contribution is 2.25. The molecule has 0 aromatic carbocycles. The maximum atomic E-state index is 12.4. The maximum absolute atomic E-state index is 12.4. The van der Waals surface area contributed by atoms with Crippen LogP contribution in [0.2, 0.25) is 0 Å². The van der Waals surface area contributed by atoms with E-state index in [-0.39, 0.29) is 5.78 Å². The van der Waals surface area contributed by atoms with Gasteiger partial charge >= 0.3 is 0 Å². The number of hydrogen-bond acceptors (Lipinski definition) is 3. The molecular formula is C21H34N2O. The number of allylic oxidation sites excluding steroid dienone is 2. The van der Waals surface area contributed by atoms with Gasteiger partial charge in [0.25, 0.3) is 0 Å². The standard InChI is InChI=1S/C21H34N2O/c1-6-9-18(10-7-2)19(12-20(24)11-16(4)5)13-21-22-14-17(8-3)15-23-21/h12,14-16,18H,6-11,13H2,1-5H3/b19-12-. The number of carbonyl (C=O) groups excluding carboxylic acids is 1. The van der Waals surface area contributed by atoms with E-state index < -0.39 is 0 Å². The van der Waals surface area contributed by atoms with E-state index in [0.29, 0.717) is 24.7 Å². The molecule has 0 unspecified atom stereocenters. The molecule has 3 heteroatoms. The van der Waals surface area contributed by atoms with Crippen LogP contribution in [0.1, 0.15) is 78.1 Å². The molecule has 0 aliphatic heterocycles. The van der Waals surface area contributed by atoms with E-state index in [2.05, 4.69) is 44.6 Å². The summed E-state index contributed by atoms with van der Waals surface area (Å²) in [4.78, 5) is 21.3. The number of ketones is 1. The van der Waals surface area contributed by atoms with Crippen LogP contribution in [0.5, 0.6) is 0 Å². The Balaban J connectivity index is 3.00. The van der Waals surface area contributed by atoms with Crippen LogP contribution in [0.4, 0.5) is 0 Å². The number of hydrogen-bond donors (Lipinski definition) is 0. The smallest absolute Gasteiger partial charge is 0.155 e. The zero-order chi connectivity index (χ0) is 17.9. The predicted molar refractivity (Wildman–Crippen MR) is 101 cm³/mol. The molecule has 3 nitrogen and oxygen atoms in total. The molecule has 0 amide bonds. The summed E-state index contributed by atoms with van der Waals surface area (Å²) in [5.74, 6) is 1.92. The lowest BCUT2D eigenvalue weighted by molar-refractivity contribution is -0.115. The second-order valence-electron chi connectivity index (χ2n) is 7.10. The average molecular weight is 331 g/mol. The Hall–Kier alpha value is -1.51. The monoisotopic (exact) mass is 330 g/mol. The van der Waals surface area contributed by atoms with Crippen LogP contribution >= 0.6 is 0 Å². The van der Waals surface area contributed by atoms with E-state index in [1.165, 1.54) is 5.57 Å². The van der Waals surface area contributed by atoms with E-state index in [1.54, 1.807) is 0 Å². The van der Waals surface area contributed by atoms with Crippen LogP contribution in [-0.2, 0) is 17.6 Å². The van der Waals surface area contributed by atoms with E-state index in [1.807, 2.05) is 18.5 Å². The Bertz CT molecular complexity index is 511. The molecular weight excluding hydrogens is 296 g/mol. The van der Waals surface area contributed by atoms with Gasteiger partial charge in [-0.25, -0.2) is 9.97 Å². The van der Waals surface area contributed by atoms with Crippen LogP contribution in [0, 0.1) is 11.8 Å². The van der Waals surface area contributed by atoms with Gasteiger partial charge in [0.05, 0.1) is 0 Å². The van der Waals surface area contributed by atoms with Crippen molar-refractivity contribution in [1.82, 2.24) is 9.97 Å². The summed E-state index contributed by atoms with van der Waals surface area (Å²) in [6.07, 6.45) is 12.5. The van der Waals surface area contributed by atoms with Crippen molar-refractivity contribution < 1.29 is 4.79 Å². The lowest BCUT2D eigenvalue weighted by Crippen LogP contribution is -2.12. The van der Waals surface area contributed by atoms with E-state index in [4.69, 9.17) is 0 Å². The molecule has 134 valence electrons. The first-order valence-corrected chi connectivity index (χ1v) is 9.53. The number of nitrogens with zero attached hydrogens (tertiary/aromatic N) is 2. The summed E-state index contributed by atoms with van der Waals surface area (Å²) >= 11 is 0. The summed E-state index contributed by atoms with van der Waals surface area (Å²) < 4.78 is 0. The second kappa shape index (κ2) is 11.1. The lowest BCUT2D eigenvalue weighted by Gasteiger charge is -2.19. The molecule has 1 aromatic rings. The van der Waals surface area contributed by atoms with E-state index in [9.17, 15) is 4.79 Å². The third-order valence-electron chi connectivity index (χ3n) is 4.28. The summed E-state index contributed by atoms with van der Waals surface area (Å²) in [5.41, 5.74) is 2.37. The molecule has 0 atom stereocenters. The molecule has 1 heterocycles. The van der Waals surface area contributed by atoms with Gasteiger partial charge < -0.3 is 0 Å². The fourth-order valence-corrected chi connectivity index (χ4v) is 3.03. The fraction of sp³-hybridized carbons (Fsp3) is 0.667. The Morgan fingerprint density at radius 3 is 2.12 bits per heavy atom. The van der Waals surface area contributed by atoms with Crippen molar-refractivity contribution in [2.45, 2.75) is 79.6 Å². The van der Waals surface area contributed by atoms with E-state index in [0.717, 1.165) is 43.5 Å². The van der Waals surface area contributed by atoms with Crippen molar-refractivity contribution in [3.63, 3.8) is 0 Å². The fourth-order valence-electron chi connectivity index (χ4n) is 3.03. The van der Waals surface area contributed by atoms with Gasteiger partial charge in [-0.05, 0) is 42.7 Å². The summed E-state index contributed by atoms with van der Waals surface area (Å²) in [7, 11) is 0. The van der Waals surface area contributed by atoms with Crippen molar-refractivity contribution in [3.05, 3.63) is 35.4 Å². The molecule has 0 fully saturated rings. The predicted octanol–water partition coefficient (Wildman–Crippen LogP) is 5.34. The molecule has 24 heavy (non-hydrogen) atoms. The number of aryl methyl sites for hydroxylation is 1. The topological polar surface area (TPSA) is 42.9 Å². The third-order valence-corrected chi connectivity index (χ3v) is 4.28. The molecule has 0 aliphatic rings. The molecule has 0 spiro atoms. The highest BCUT2D eigenvalue weighted by molar-refractivity contribution is 5.90. The first kappa shape index (κ1) is 20.5. The number of aromatic nitrogens is 2. The first-order chi connectivity index (χ1) is 11.5. The van der Waals surface area contributed by atoms with Crippen LogP contribution in [-0.4, -0.2) is 15.8 Å². The van der Waals surface area contributed by atoms with Crippen LogP contribution in [0.3, 0.4) is 0 Å². The summed E-state index contributed by atoms with van der Waals surface area (Å²) in [6.45, 7) is 10.7. The Morgan fingerprint density at radius 2 is 1.67 bits per heavy atom. The van der Waals surface area contributed by atoms with Crippen LogP contribution in [0.15, 0.2) is 24.0 Å². The minimum Gasteiger partial charge on any atom is -0.295 e. The van der Waals surface area contributed by atoms with Gasteiger partial charge in [0, 0.05) is 25.2 Å². The quantitative estimate of drug-likeness (QED) is 0.514. The molecule has 1 aromatic heterocycles. The van der Waals surface area contributed by atoms with Gasteiger partial charge in [-0.2, -0.15) is 0 Å². The largest absolute Gasteiger partial charge is 0.295 e. The van der Waals surface area contributed by atoms with Crippen molar-refractivity contribution in [2.75, 3.05) is 0 Å². The summed E-state index contributed by atoms with van der Waals surface area (Å²) in [6, 6.07) is 0. The third kappa shape index (κ3) is 7.37. The van der Waals surface area contributed by atoms with Gasteiger partial charge in [-0.1, -0.05) is 53.0 Å². The number of rotatable bonds is 11. The highest BCUT2D eigenvalue weighted by Gasteiger charge is 2.16. The summed E-state index contributed by atoms with van der Waals surface area (Å²) in [5, 5.41) is 0.